The molecule has 0 radical (unpaired) electrons. The van der Waals surface area contributed by atoms with Gasteiger partial charge in [0.2, 0.25) is 0 Å². The van der Waals surface area contributed by atoms with Gasteiger partial charge in [0.05, 0.1) is 6.61 Å². The first-order valence-electron chi connectivity index (χ1n) is 14.1. The van der Waals surface area contributed by atoms with Crippen LogP contribution in [0.2, 0.25) is 0 Å². The monoisotopic (exact) mass is 546 g/mol. The third-order valence-corrected chi connectivity index (χ3v) is 6.18. The molecule has 0 saturated heterocycles. The largest absolute Gasteiger partial charge is 0.469 e. The van der Waals surface area contributed by atoms with E-state index in [4.69, 9.17) is 19.3 Å². The number of hydrogen-bond donors (Lipinski definition) is 2. The van der Waals surface area contributed by atoms with Gasteiger partial charge in [-0.1, -0.05) is 89.5 Å². The first-order chi connectivity index (χ1) is 17.8. The zero-order valence-electron chi connectivity index (χ0n) is 23.1. The van der Waals surface area contributed by atoms with Crippen LogP contribution < -0.4 is 0 Å². The van der Waals surface area contributed by atoms with Crippen LogP contribution in [0.15, 0.2) is 24.3 Å². The zero-order chi connectivity index (χ0) is 27.6. The molecule has 0 aliphatic carbocycles. The summed E-state index contributed by atoms with van der Waals surface area (Å²) in [7, 11) is -4.72. The highest BCUT2D eigenvalue weighted by Crippen LogP contribution is 2.35. The van der Waals surface area contributed by atoms with E-state index in [1.165, 1.54) is 51.4 Å². The van der Waals surface area contributed by atoms with Gasteiger partial charge in [-0.05, 0) is 44.9 Å². The lowest BCUT2D eigenvalue weighted by molar-refractivity contribution is -0.161. The summed E-state index contributed by atoms with van der Waals surface area (Å²) in [6.45, 7) is 3.22. The molecular formula is C28H51O8P. The average Bonchev–Trinajstić information content (AvgIpc) is 2.84. The van der Waals surface area contributed by atoms with Crippen LogP contribution in [0.25, 0.3) is 0 Å². The highest BCUT2D eigenvalue weighted by molar-refractivity contribution is 7.46. The Hall–Kier alpha value is -1.47. The van der Waals surface area contributed by atoms with E-state index in [1.807, 2.05) is 6.92 Å². The van der Waals surface area contributed by atoms with Crippen molar-refractivity contribution in [2.24, 2.45) is 0 Å². The molecule has 0 rings (SSSR count). The van der Waals surface area contributed by atoms with E-state index in [2.05, 4.69) is 35.8 Å². The molecule has 0 aliphatic heterocycles. The lowest BCUT2D eigenvalue weighted by Crippen LogP contribution is -2.29. The Kier molecular flexibility index (Phi) is 23.9. The smallest absolute Gasteiger partial charge is 0.462 e. The number of rotatable bonds is 25. The van der Waals surface area contributed by atoms with Gasteiger partial charge in [-0.3, -0.25) is 14.1 Å². The van der Waals surface area contributed by atoms with Crippen LogP contribution in [0, 0.1) is 0 Å². The fourth-order valence-corrected chi connectivity index (χ4v) is 3.97. The summed E-state index contributed by atoms with van der Waals surface area (Å²) < 4.78 is 25.6. The zero-order valence-corrected chi connectivity index (χ0v) is 24.0. The predicted molar refractivity (Wildman–Crippen MR) is 147 cm³/mol. The molecule has 0 aliphatic rings. The van der Waals surface area contributed by atoms with Crippen molar-refractivity contribution >= 4 is 19.8 Å². The molecule has 0 fully saturated rings. The number of allylic oxidation sites excluding steroid dienone is 4. The van der Waals surface area contributed by atoms with E-state index in [-0.39, 0.29) is 19.4 Å². The van der Waals surface area contributed by atoms with E-state index in [1.54, 1.807) is 0 Å². The topological polar surface area (TPSA) is 119 Å². The Balaban J connectivity index is 3.81. The number of carbonyl (C=O) groups is 2. The van der Waals surface area contributed by atoms with Crippen LogP contribution in [-0.4, -0.2) is 41.0 Å². The molecule has 216 valence electrons. The van der Waals surface area contributed by atoms with Gasteiger partial charge in [-0.15, -0.1) is 0 Å². The molecule has 0 heterocycles. The minimum Gasteiger partial charge on any atom is -0.462 e. The van der Waals surface area contributed by atoms with E-state index >= 15 is 0 Å². The molecule has 2 N–H and O–H groups in total. The van der Waals surface area contributed by atoms with Gasteiger partial charge in [-0.2, -0.15) is 0 Å². The lowest BCUT2D eigenvalue weighted by atomic mass is 10.1. The van der Waals surface area contributed by atoms with Crippen molar-refractivity contribution in [1.82, 2.24) is 0 Å². The summed E-state index contributed by atoms with van der Waals surface area (Å²) in [6, 6.07) is 0. The van der Waals surface area contributed by atoms with Gasteiger partial charge < -0.3 is 19.3 Å². The predicted octanol–water partition coefficient (Wildman–Crippen LogP) is 7.33. The number of esters is 2. The number of carbonyl (C=O) groups excluding carboxylic acids is 2. The highest BCUT2D eigenvalue weighted by atomic mass is 31.2. The number of phosphoric acid groups is 1. The molecule has 1 atom stereocenters. The maximum atomic E-state index is 12.1. The van der Waals surface area contributed by atoms with Crippen LogP contribution in [0.4, 0.5) is 0 Å². The second kappa shape index (κ2) is 24.8. The first kappa shape index (κ1) is 35.5. The lowest BCUT2D eigenvalue weighted by Gasteiger charge is -2.18. The molecule has 1 unspecified atom stereocenters. The Labute approximate surface area is 224 Å². The maximum absolute atomic E-state index is 12.1. The number of ether oxygens (including phenoxy) is 2. The van der Waals surface area contributed by atoms with Gasteiger partial charge in [0.1, 0.15) is 6.61 Å². The minimum atomic E-state index is -4.72. The summed E-state index contributed by atoms with van der Waals surface area (Å²) in [4.78, 5) is 41.4. The molecule has 0 aromatic rings. The Morgan fingerprint density at radius 3 is 1.84 bits per heavy atom. The fraction of sp³-hybridized carbons (Fsp3) is 0.786. The molecule has 37 heavy (non-hydrogen) atoms. The third kappa shape index (κ3) is 27.4. The van der Waals surface area contributed by atoms with Crippen molar-refractivity contribution in [1.29, 1.82) is 0 Å². The van der Waals surface area contributed by atoms with Crippen molar-refractivity contribution in [2.75, 3.05) is 13.2 Å². The van der Waals surface area contributed by atoms with Crippen LogP contribution in [-0.2, 0) is 28.2 Å². The number of hydrogen-bond acceptors (Lipinski definition) is 6. The van der Waals surface area contributed by atoms with Crippen molar-refractivity contribution in [2.45, 2.75) is 129 Å². The summed E-state index contributed by atoms with van der Waals surface area (Å²) in [6.07, 6.45) is 25.0. The SMILES string of the molecule is CCCCCC/C=C\C/C=C\CCCCCCCCCC(=O)OC(COC(=O)CCC)COP(=O)(O)O. The van der Waals surface area contributed by atoms with Gasteiger partial charge in [0.25, 0.3) is 0 Å². The molecule has 0 saturated carbocycles. The highest BCUT2D eigenvalue weighted by Gasteiger charge is 2.22. The van der Waals surface area contributed by atoms with Crippen LogP contribution in [0.1, 0.15) is 123 Å². The quantitative estimate of drug-likeness (QED) is 0.0528. The van der Waals surface area contributed by atoms with Gasteiger partial charge in [0.15, 0.2) is 6.10 Å². The Morgan fingerprint density at radius 2 is 1.27 bits per heavy atom. The Bertz CT molecular complexity index is 671. The van der Waals surface area contributed by atoms with E-state index < -0.39 is 32.5 Å². The van der Waals surface area contributed by atoms with Crippen LogP contribution in [0.3, 0.4) is 0 Å². The fourth-order valence-electron chi connectivity index (χ4n) is 3.61. The van der Waals surface area contributed by atoms with Gasteiger partial charge in [-0.25, -0.2) is 4.57 Å². The summed E-state index contributed by atoms with van der Waals surface area (Å²) in [5, 5.41) is 0. The molecular weight excluding hydrogens is 495 g/mol. The van der Waals surface area contributed by atoms with Gasteiger partial charge >= 0.3 is 19.8 Å². The van der Waals surface area contributed by atoms with Crippen LogP contribution in [0.5, 0.6) is 0 Å². The molecule has 0 aromatic heterocycles. The van der Waals surface area contributed by atoms with E-state index in [9.17, 15) is 14.2 Å². The van der Waals surface area contributed by atoms with E-state index in [0.717, 1.165) is 32.1 Å². The number of phosphoric ester groups is 1. The second-order valence-corrected chi connectivity index (χ2v) is 10.6. The van der Waals surface area contributed by atoms with Crippen molar-refractivity contribution in [3.05, 3.63) is 24.3 Å². The number of unbranched alkanes of at least 4 members (excludes halogenated alkanes) is 11. The average molecular weight is 547 g/mol. The molecule has 0 aromatic carbocycles. The summed E-state index contributed by atoms with van der Waals surface area (Å²) in [5.41, 5.74) is 0. The van der Waals surface area contributed by atoms with E-state index in [0.29, 0.717) is 12.8 Å². The standard InChI is InChI=1S/C28H51O8P/c1-3-5-6-7-8-9-10-11-12-13-14-15-16-17-18-19-20-21-23-28(30)36-26(25-35-37(31,32)33)24-34-27(29)22-4-2/h9-10,12-13,26H,3-8,11,14-25H2,1-2H3,(H2,31,32,33)/b10-9-,13-12-. The molecule has 0 amide bonds. The molecule has 9 heteroatoms. The normalized spacial score (nSPS) is 12.9. The second-order valence-electron chi connectivity index (χ2n) is 9.37. The van der Waals surface area contributed by atoms with Crippen molar-refractivity contribution in [3.8, 4) is 0 Å². The molecule has 0 bridgehead atoms. The maximum Gasteiger partial charge on any atom is 0.469 e. The molecule has 8 nitrogen and oxygen atoms in total. The van der Waals surface area contributed by atoms with Crippen molar-refractivity contribution in [3.63, 3.8) is 0 Å². The van der Waals surface area contributed by atoms with Crippen LogP contribution >= 0.6 is 7.82 Å². The first-order valence-corrected chi connectivity index (χ1v) is 15.7. The third-order valence-electron chi connectivity index (χ3n) is 5.69. The summed E-state index contributed by atoms with van der Waals surface area (Å²) in [5.74, 6) is -0.958. The van der Waals surface area contributed by atoms with Crippen molar-refractivity contribution < 1.29 is 37.9 Å². The molecule has 0 spiro atoms. The Morgan fingerprint density at radius 1 is 0.703 bits per heavy atom. The summed E-state index contributed by atoms with van der Waals surface area (Å²) >= 11 is 0. The van der Waals surface area contributed by atoms with Gasteiger partial charge in [0, 0.05) is 12.8 Å². The minimum absolute atomic E-state index is 0.202.